The summed E-state index contributed by atoms with van der Waals surface area (Å²) in [6.07, 6.45) is 1.79. The highest BCUT2D eigenvalue weighted by Crippen LogP contribution is 2.22. The van der Waals surface area contributed by atoms with Crippen LogP contribution in [0.4, 0.5) is 5.95 Å². The Bertz CT molecular complexity index is 702. The first-order valence-electron chi connectivity index (χ1n) is 5.69. The van der Waals surface area contributed by atoms with E-state index in [1.807, 2.05) is 37.3 Å². The molecule has 3 rings (SSSR count). The molecule has 0 fully saturated rings. The van der Waals surface area contributed by atoms with Crippen molar-refractivity contribution in [3.8, 4) is 11.3 Å². The van der Waals surface area contributed by atoms with Crippen LogP contribution >= 0.6 is 0 Å². The molecule has 2 aromatic heterocycles. The minimum atomic E-state index is 0.302. The highest BCUT2D eigenvalue weighted by Gasteiger charge is 2.04. The van der Waals surface area contributed by atoms with Crippen LogP contribution in [-0.4, -0.2) is 15.0 Å². The van der Waals surface area contributed by atoms with Crippen molar-refractivity contribution in [3.63, 3.8) is 0 Å². The Kier molecular flexibility index (Phi) is 2.41. The number of hydrogen-bond acceptors (Lipinski definition) is 4. The number of rotatable bonds is 1. The number of aryl methyl sites for hydroxylation is 1. The van der Waals surface area contributed by atoms with E-state index in [9.17, 15) is 0 Å². The van der Waals surface area contributed by atoms with Crippen molar-refractivity contribution >= 4 is 16.9 Å². The summed E-state index contributed by atoms with van der Waals surface area (Å²) in [5, 5.41) is 1.09. The van der Waals surface area contributed by atoms with Gasteiger partial charge in [0.25, 0.3) is 0 Å². The molecule has 0 amide bonds. The molecule has 2 N–H and O–H groups in total. The lowest BCUT2D eigenvalue weighted by Gasteiger charge is -2.04. The zero-order valence-electron chi connectivity index (χ0n) is 9.96. The lowest BCUT2D eigenvalue weighted by atomic mass is 10.1. The maximum absolute atomic E-state index is 5.67. The van der Waals surface area contributed by atoms with Crippen LogP contribution in [0.25, 0.3) is 22.2 Å². The van der Waals surface area contributed by atoms with E-state index in [0.717, 1.165) is 27.9 Å². The zero-order chi connectivity index (χ0) is 12.5. The first-order chi connectivity index (χ1) is 8.72. The molecule has 0 aliphatic rings. The van der Waals surface area contributed by atoms with Crippen LogP contribution in [0, 0.1) is 6.92 Å². The smallest absolute Gasteiger partial charge is 0.220 e. The fourth-order valence-electron chi connectivity index (χ4n) is 1.97. The summed E-state index contributed by atoms with van der Waals surface area (Å²) >= 11 is 0. The Morgan fingerprint density at radius 1 is 1.06 bits per heavy atom. The van der Waals surface area contributed by atoms with Gasteiger partial charge >= 0.3 is 0 Å². The summed E-state index contributed by atoms with van der Waals surface area (Å²) in [7, 11) is 0. The van der Waals surface area contributed by atoms with E-state index >= 15 is 0 Å². The molecule has 0 aliphatic carbocycles. The summed E-state index contributed by atoms with van der Waals surface area (Å²) in [5.74, 6) is 0.302. The number of anilines is 1. The molecular formula is C14H12N4. The van der Waals surface area contributed by atoms with Gasteiger partial charge in [0.05, 0.1) is 11.2 Å². The number of pyridine rings is 1. The van der Waals surface area contributed by atoms with Gasteiger partial charge in [0.2, 0.25) is 5.95 Å². The van der Waals surface area contributed by atoms with Gasteiger partial charge in [-0.15, -0.1) is 0 Å². The fraction of sp³-hybridized carbons (Fsp3) is 0.0714. The number of nitrogen functional groups attached to an aromatic ring is 1. The molecule has 0 unspecified atom stereocenters. The van der Waals surface area contributed by atoms with Crippen molar-refractivity contribution in [1.82, 2.24) is 15.0 Å². The second-order valence-electron chi connectivity index (χ2n) is 4.16. The maximum atomic E-state index is 5.67. The number of hydrogen-bond donors (Lipinski definition) is 1. The molecule has 88 valence electrons. The van der Waals surface area contributed by atoms with Gasteiger partial charge in [0.15, 0.2) is 0 Å². The lowest BCUT2D eigenvalue weighted by molar-refractivity contribution is 1.12. The molecule has 0 saturated heterocycles. The molecule has 0 saturated carbocycles. The quantitative estimate of drug-likeness (QED) is 0.705. The van der Waals surface area contributed by atoms with Gasteiger partial charge in [0, 0.05) is 22.8 Å². The third-order valence-corrected chi connectivity index (χ3v) is 2.77. The monoisotopic (exact) mass is 236 g/mol. The maximum Gasteiger partial charge on any atom is 0.220 e. The van der Waals surface area contributed by atoms with Crippen molar-refractivity contribution in [3.05, 3.63) is 48.3 Å². The predicted molar refractivity (Wildman–Crippen MR) is 71.9 cm³/mol. The second kappa shape index (κ2) is 4.07. The van der Waals surface area contributed by atoms with Gasteiger partial charge in [-0.05, 0) is 31.2 Å². The summed E-state index contributed by atoms with van der Waals surface area (Å²) < 4.78 is 0. The number of fused-ring (bicyclic) bond motifs is 1. The Balaban J connectivity index is 2.19. The highest BCUT2D eigenvalue weighted by molar-refractivity contribution is 5.83. The topological polar surface area (TPSA) is 64.7 Å². The third-order valence-electron chi connectivity index (χ3n) is 2.77. The largest absolute Gasteiger partial charge is 0.368 e. The summed E-state index contributed by atoms with van der Waals surface area (Å²) in [6.45, 7) is 1.91. The minimum Gasteiger partial charge on any atom is -0.368 e. The SMILES string of the molecule is Cc1cc(-c2ccc3ncccc3c2)nc(N)n1. The molecule has 0 radical (unpaired) electrons. The Morgan fingerprint density at radius 3 is 2.78 bits per heavy atom. The van der Waals surface area contributed by atoms with Gasteiger partial charge in [-0.25, -0.2) is 9.97 Å². The van der Waals surface area contributed by atoms with Crippen LogP contribution in [-0.2, 0) is 0 Å². The lowest BCUT2D eigenvalue weighted by Crippen LogP contribution is -1.98. The molecule has 4 heteroatoms. The van der Waals surface area contributed by atoms with E-state index in [4.69, 9.17) is 5.73 Å². The molecule has 1 aromatic carbocycles. The van der Waals surface area contributed by atoms with Crippen LogP contribution in [0.2, 0.25) is 0 Å². The first kappa shape index (κ1) is 10.7. The third kappa shape index (κ3) is 1.88. The van der Waals surface area contributed by atoms with Crippen molar-refractivity contribution in [1.29, 1.82) is 0 Å². The molecule has 0 spiro atoms. The van der Waals surface area contributed by atoms with Crippen molar-refractivity contribution < 1.29 is 0 Å². The molecule has 3 aromatic rings. The standard InChI is InChI=1S/C14H12N4/c1-9-7-13(18-14(15)17-9)11-4-5-12-10(8-11)3-2-6-16-12/h2-8H,1H3,(H2,15,17,18). The predicted octanol–water partition coefficient (Wildman–Crippen LogP) is 2.58. The molecule has 0 aliphatic heterocycles. The minimum absolute atomic E-state index is 0.302. The summed E-state index contributed by atoms with van der Waals surface area (Å²) in [5.41, 5.74) is 9.37. The van der Waals surface area contributed by atoms with Crippen molar-refractivity contribution in [2.24, 2.45) is 0 Å². The Hall–Kier alpha value is -2.49. The van der Waals surface area contributed by atoms with E-state index in [2.05, 4.69) is 21.0 Å². The van der Waals surface area contributed by atoms with Gasteiger partial charge in [-0.2, -0.15) is 0 Å². The zero-order valence-corrected chi connectivity index (χ0v) is 9.96. The van der Waals surface area contributed by atoms with Gasteiger partial charge in [-0.3, -0.25) is 4.98 Å². The van der Waals surface area contributed by atoms with Gasteiger partial charge < -0.3 is 5.73 Å². The molecule has 0 atom stereocenters. The average molecular weight is 236 g/mol. The molecule has 0 bridgehead atoms. The number of nitrogens with two attached hydrogens (primary N) is 1. The second-order valence-corrected chi connectivity index (χ2v) is 4.16. The van der Waals surface area contributed by atoms with E-state index < -0.39 is 0 Å². The number of aromatic nitrogens is 3. The average Bonchev–Trinajstić information content (AvgIpc) is 2.37. The number of benzene rings is 1. The summed E-state index contributed by atoms with van der Waals surface area (Å²) in [4.78, 5) is 12.6. The molecule has 4 nitrogen and oxygen atoms in total. The van der Waals surface area contributed by atoms with Crippen LogP contribution in [0.15, 0.2) is 42.6 Å². The van der Waals surface area contributed by atoms with E-state index in [1.54, 1.807) is 6.20 Å². The van der Waals surface area contributed by atoms with E-state index in [-0.39, 0.29) is 0 Å². The van der Waals surface area contributed by atoms with Crippen LogP contribution in [0.1, 0.15) is 5.69 Å². The molecule has 2 heterocycles. The fourth-order valence-corrected chi connectivity index (χ4v) is 1.97. The van der Waals surface area contributed by atoms with E-state index in [1.165, 1.54) is 0 Å². The van der Waals surface area contributed by atoms with Crippen molar-refractivity contribution in [2.45, 2.75) is 6.92 Å². The molecular weight excluding hydrogens is 224 g/mol. The Morgan fingerprint density at radius 2 is 1.94 bits per heavy atom. The Labute approximate surface area is 105 Å². The van der Waals surface area contributed by atoms with Crippen LogP contribution in [0.3, 0.4) is 0 Å². The van der Waals surface area contributed by atoms with Crippen molar-refractivity contribution in [2.75, 3.05) is 5.73 Å². The van der Waals surface area contributed by atoms with Crippen LogP contribution in [0.5, 0.6) is 0 Å². The molecule has 18 heavy (non-hydrogen) atoms. The first-order valence-corrected chi connectivity index (χ1v) is 5.69. The van der Waals surface area contributed by atoms with Gasteiger partial charge in [0.1, 0.15) is 0 Å². The van der Waals surface area contributed by atoms with E-state index in [0.29, 0.717) is 5.95 Å². The summed E-state index contributed by atoms with van der Waals surface area (Å²) in [6, 6.07) is 11.9. The van der Waals surface area contributed by atoms with Gasteiger partial charge in [-0.1, -0.05) is 12.1 Å². The van der Waals surface area contributed by atoms with Crippen LogP contribution < -0.4 is 5.73 Å². The highest BCUT2D eigenvalue weighted by atomic mass is 15.0. The number of nitrogens with zero attached hydrogens (tertiary/aromatic N) is 3. The normalized spacial score (nSPS) is 10.7.